The molecule has 0 aliphatic heterocycles. The average Bonchev–Trinajstić information content (AvgIpc) is 2.28. The second-order valence-electron chi connectivity index (χ2n) is 3.48. The van der Waals surface area contributed by atoms with E-state index in [-0.39, 0.29) is 11.2 Å². The lowest BCUT2D eigenvalue weighted by Gasteiger charge is -2.06. The Hall–Kier alpha value is -2.30. The second kappa shape index (κ2) is 4.06. The molecule has 82 valence electrons. The van der Waals surface area contributed by atoms with Crippen molar-refractivity contribution in [3.05, 3.63) is 46.5 Å². The van der Waals surface area contributed by atoms with Crippen molar-refractivity contribution < 1.29 is 0 Å². The zero-order valence-corrected chi connectivity index (χ0v) is 8.82. The van der Waals surface area contributed by atoms with Gasteiger partial charge in [-0.15, -0.1) is 0 Å². The molecule has 2 rings (SSSR count). The summed E-state index contributed by atoms with van der Waals surface area (Å²) in [5.41, 5.74) is 7.34. The molecule has 0 saturated heterocycles. The van der Waals surface area contributed by atoms with Gasteiger partial charge < -0.3 is 16.0 Å². The summed E-state index contributed by atoms with van der Waals surface area (Å²) in [7, 11) is 0. The molecule has 0 radical (unpaired) electrons. The highest BCUT2D eigenvalue weighted by Crippen LogP contribution is 2.17. The largest absolute Gasteiger partial charge is 0.391 e. The highest BCUT2D eigenvalue weighted by Gasteiger charge is 2.03. The van der Waals surface area contributed by atoms with Crippen LogP contribution in [0.5, 0.6) is 0 Å². The SMILES string of the molecule is Cc1ccc(Nc2nc[nH]c(=O)c2N)cc1. The fourth-order valence-electron chi connectivity index (χ4n) is 1.28. The van der Waals surface area contributed by atoms with Crippen LogP contribution in [0.4, 0.5) is 17.2 Å². The van der Waals surface area contributed by atoms with E-state index in [0.29, 0.717) is 5.82 Å². The molecule has 0 spiro atoms. The maximum absolute atomic E-state index is 11.2. The van der Waals surface area contributed by atoms with Gasteiger partial charge in [0.15, 0.2) is 5.82 Å². The first-order valence-electron chi connectivity index (χ1n) is 4.83. The number of aromatic amines is 1. The van der Waals surface area contributed by atoms with Crippen LogP contribution in [0.15, 0.2) is 35.4 Å². The molecule has 5 nitrogen and oxygen atoms in total. The van der Waals surface area contributed by atoms with E-state index in [2.05, 4.69) is 15.3 Å². The van der Waals surface area contributed by atoms with Gasteiger partial charge in [0.1, 0.15) is 5.69 Å². The lowest BCUT2D eigenvalue weighted by Crippen LogP contribution is -2.14. The zero-order valence-electron chi connectivity index (χ0n) is 8.82. The predicted octanol–water partition coefficient (Wildman–Crippen LogP) is 1.40. The number of H-pyrrole nitrogens is 1. The standard InChI is InChI=1S/C11H12N4O/c1-7-2-4-8(5-3-7)15-10-9(12)11(16)14-6-13-10/h2-6H,12H2,1H3,(H2,13,14,15,16). The van der Waals surface area contributed by atoms with Gasteiger partial charge in [0.2, 0.25) is 0 Å². The van der Waals surface area contributed by atoms with Crippen LogP contribution in [0, 0.1) is 6.92 Å². The van der Waals surface area contributed by atoms with Crippen molar-refractivity contribution in [3.8, 4) is 0 Å². The number of aryl methyl sites for hydroxylation is 1. The van der Waals surface area contributed by atoms with Gasteiger partial charge in [0.05, 0.1) is 6.33 Å². The molecule has 0 fully saturated rings. The summed E-state index contributed by atoms with van der Waals surface area (Å²) < 4.78 is 0. The van der Waals surface area contributed by atoms with Crippen LogP contribution >= 0.6 is 0 Å². The molecular formula is C11H12N4O. The van der Waals surface area contributed by atoms with Crippen molar-refractivity contribution in [2.75, 3.05) is 11.1 Å². The molecule has 0 aliphatic rings. The van der Waals surface area contributed by atoms with Crippen LogP contribution in [-0.2, 0) is 0 Å². The number of aromatic nitrogens is 2. The average molecular weight is 216 g/mol. The van der Waals surface area contributed by atoms with Crippen LogP contribution in [0.25, 0.3) is 0 Å². The highest BCUT2D eigenvalue weighted by molar-refractivity contribution is 5.67. The van der Waals surface area contributed by atoms with Crippen molar-refractivity contribution in [1.82, 2.24) is 9.97 Å². The molecule has 0 bridgehead atoms. The van der Waals surface area contributed by atoms with Gasteiger partial charge in [-0.25, -0.2) is 4.98 Å². The molecule has 0 amide bonds. The van der Waals surface area contributed by atoms with E-state index in [1.54, 1.807) is 0 Å². The van der Waals surface area contributed by atoms with Gasteiger partial charge in [-0.2, -0.15) is 0 Å². The minimum Gasteiger partial charge on any atom is -0.391 e. The number of hydrogen-bond acceptors (Lipinski definition) is 4. The first kappa shape index (κ1) is 10.2. The van der Waals surface area contributed by atoms with Gasteiger partial charge in [0.25, 0.3) is 5.56 Å². The lowest BCUT2D eigenvalue weighted by atomic mass is 10.2. The topological polar surface area (TPSA) is 83.8 Å². The summed E-state index contributed by atoms with van der Waals surface area (Å²) in [5, 5.41) is 2.98. The number of benzene rings is 1. The monoisotopic (exact) mass is 216 g/mol. The lowest BCUT2D eigenvalue weighted by molar-refractivity contribution is 1.13. The normalized spacial score (nSPS) is 10.1. The maximum Gasteiger partial charge on any atom is 0.276 e. The second-order valence-corrected chi connectivity index (χ2v) is 3.48. The van der Waals surface area contributed by atoms with Crippen LogP contribution < -0.4 is 16.6 Å². The van der Waals surface area contributed by atoms with Crippen LogP contribution in [0.1, 0.15) is 5.56 Å². The number of rotatable bonds is 2. The van der Waals surface area contributed by atoms with Crippen molar-refractivity contribution in [3.63, 3.8) is 0 Å². The van der Waals surface area contributed by atoms with Crippen molar-refractivity contribution in [1.29, 1.82) is 0 Å². The molecule has 0 unspecified atom stereocenters. The molecule has 0 saturated carbocycles. The van der Waals surface area contributed by atoms with E-state index in [4.69, 9.17) is 5.73 Å². The van der Waals surface area contributed by atoms with Crippen LogP contribution in [0.3, 0.4) is 0 Å². The number of nitrogen functional groups attached to an aromatic ring is 1. The molecule has 2 aromatic rings. The summed E-state index contributed by atoms with van der Waals surface area (Å²) in [6.45, 7) is 2.00. The third kappa shape index (κ3) is 2.03. The summed E-state index contributed by atoms with van der Waals surface area (Å²) in [6.07, 6.45) is 1.31. The summed E-state index contributed by atoms with van der Waals surface area (Å²) in [4.78, 5) is 17.6. The molecule has 16 heavy (non-hydrogen) atoms. The Labute approximate surface area is 92.3 Å². The summed E-state index contributed by atoms with van der Waals surface area (Å²) in [6, 6.07) is 7.73. The molecule has 0 aliphatic carbocycles. The van der Waals surface area contributed by atoms with Gasteiger partial charge in [-0.3, -0.25) is 4.79 Å². The summed E-state index contributed by atoms with van der Waals surface area (Å²) >= 11 is 0. The number of nitrogens with two attached hydrogens (primary N) is 1. The van der Waals surface area contributed by atoms with Crippen LogP contribution in [0.2, 0.25) is 0 Å². The predicted molar refractivity (Wildman–Crippen MR) is 63.7 cm³/mol. The fourth-order valence-corrected chi connectivity index (χ4v) is 1.28. The smallest absolute Gasteiger partial charge is 0.276 e. The Morgan fingerprint density at radius 1 is 1.31 bits per heavy atom. The van der Waals surface area contributed by atoms with E-state index in [1.165, 1.54) is 6.33 Å². The molecule has 5 heteroatoms. The Kier molecular flexibility index (Phi) is 2.59. The first-order chi connectivity index (χ1) is 7.66. The zero-order chi connectivity index (χ0) is 11.5. The summed E-state index contributed by atoms with van der Waals surface area (Å²) in [5.74, 6) is 0.368. The molecule has 1 heterocycles. The van der Waals surface area contributed by atoms with Gasteiger partial charge >= 0.3 is 0 Å². The Morgan fingerprint density at radius 3 is 2.69 bits per heavy atom. The molecule has 1 aromatic heterocycles. The van der Waals surface area contributed by atoms with Crippen molar-refractivity contribution >= 4 is 17.2 Å². The van der Waals surface area contributed by atoms with Gasteiger partial charge in [0, 0.05) is 5.69 Å². The minimum absolute atomic E-state index is 0.0862. The molecule has 0 atom stereocenters. The minimum atomic E-state index is -0.343. The van der Waals surface area contributed by atoms with E-state index >= 15 is 0 Å². The number of nitrogens with zero attached hydrogens (tertiary/aromatic N) is 1. The van der Waals surface area contributed by atoms with E-state index in [9.17, 15) is 4.79 Å². The number of hydrogen-bond donors (Lipinski definition) is 3. The quantitative estimate of drug-likeness (QED) is 0.708. The van der Waals surface area contributed by atoms with Gasteiger partial charge in [-0.1, -0.05) is 17.7 Å². The van der Waals surface area contributed by atoms with E-state index in [1.807, 2.05) is 31.2 Å². The Bertz CT molecular complexity index is 545. The molecular weight excluding hydrogens is 204 g/mol. The van der Waals surface area contributed by atoms with E-state index < -0.39 is 0 Å². The Morgan fingerprint density at radius 2 is 2.00 bits per heavy atom. The van der Waals surface area contributed by atoms with Crippen LogP contribution in [-0.4, -0.2) is 9.97 Å². The van der Waals surface area contributed by atoms with Gasteiger partial charge in [-0.05, 0) is 19.1 Å². The van der Waals surface area contributed by atoms with Crippen molar-refractivity contribution in [2.24, 2.45) is 0 Å². The number of anilines is 3. The fraction of sp³-hybridized carbons (Fsp3) is 0.0909. The number of nitrogens with one attached hydrogen (secondary N) is 2. The van der Waals surface area contributed by atoms with Crippen molar-refractivity contribution in [2.45, 2.75) is 6.92 Å². The van der Waals surface area contributed by atoms with E-state index in [0.717, 1.165) is 11.3 Å². The first-order valence-corrected chi connectivity index (χ1v) is 4.83. The molecule has 1 aromatic carbocycles. The third-order valence-electron chi connectivity index (χ3n) is 2.20. The molecule has 4 N–H and O–H groups in total. The Balaban J connectivity index is 2.30. The third-order valence-corrected chi connectivity index (χ3v) is 2.20. The highest BCUT2D eigenvalue weighted by atomic mass is 16.1. The maximum atomic E-state index is 11.2.